The Morgan fingerprint density at radius 1 is 1.00 bits per heavy atom. The van der Waals surface area contributed by atoms with E-state index in [4.69, 9.17) is 23.2 Å². The summed E-state index contributed by atoms with van der Waals surface area (Å²) >= 11 is 15.8. The second kappa shape index (κ2) is 10.1. The Morgan fingerprint density at radius 2 is 1.68 bits per heavy atom. The molecule has 3 fully saturated rings. The lowest BCUT2D eigenvalue weighted by molar-refractivity contribution is -0.170. The predicted molar refractivity (Wildman–Crippen MR) is 145 cm³/mol. The smallest absolute Gasteiger partial charge is 0.246 e. The van der Waals surface area contributed by atoms with E-state index in [-0.39, 0.29) is 47.3 Å². The molecule has 2 amide bonds. The maximum atomic E-state index is 14.1. The second-order valence-electron chi connectivity index (χ2n) is 9.92. The van der Waals surface area contributed by atoms with Gasteiger partial charge in [-0.2, -0.15) is 4.31 Å². The molecule has 0 aromatic heterocycles. The summed E-state index contributed by atoms with van der Waals surface area (Å²) in [6.45, 7) is 0.0721. The Kier molecular flexibility index (Phi) is 7.36. The molecular weight excluding hydrogens is 603 g/mol. The molecule has 3 unspecified atom stereocenters. The average molecular weight is 630 g/mol. The molecule has 2 heterocycles. The first-order valence-corrected chi connectivity index (χ1v) is 15.0. The zero-order chi connectivity index (χ0) is 26.6. The van der Waals surface area contributed by atoms with Gasteiger partial charge in [0.2, 0.25) is 21.8 Å². The standard InChI is InChI=1S/C25H27BrCl2N4O4S/c1-29(2)21-13-31(37(35,36)22-10-7-17(27)12-19(22)28)23-14-30(18-8-9-18)24(33)20(32(23)25(21)34)11-15-3-5-16(26)6-4-15/h3-7,10,12,18,20-21,23H,8-9,11,13-14H2,1-2H3. The van der Waals surface area contributed by atoms with Crippen LogP contribution in [0.4, 0.5) is 0 Å². The second-order valence-corrected chi connectivity index (χ2v) is 13.5. The van der Waals surface area contributed by atoms with Gasteiger partial charge in [-0.15, -0.1) is 0 Å². The molecule has 8 nitrogen and oxygen atoms in total. The van der Waals surface area contributed by atoms with Crippen LogP contribution in [-0.4, -0.2) is 90.7 Å². The van der Waals surface area contributed by atoms with Crippen LogP contribution in [0.25, 0.3) is 0 Å². The summed E-state index contributed by atoms with van der Waals surface area (Å²) in [5, 5.41) is 0.331. The van der Waals surface area contributed by atoms with E-state index in [9.17, 15) is 18.0 Å². The van der Waals surface area contributed by atoms with Crippen LogP contribution in [-0.2, 0) is 26.0 Å². The van der Waals surface area contributed by atoms with Crippen molar-refractivity contribution in [2.75, 3.05) is 27.2 Å². The third-order valence-corrected chi connectivity index (χ3v) is 10.4. The van der Waals surface area contributed by atoms with E-state index < -0.39 is 28.3 Å². The molecule has 2 aliphatic heterocycles. The van der Waals surface area contributed by atoms with Gasteiger partial charge in [0.25, 0.3) is 0 Å². The topological polar surface area (TPSA) is 81.2 Å². The highest BCUT2D eigenvalue weighted by atomic mass is 79.9. The Morgan fingerprint density at radius 3 is 2.27 bits per heavy atom. The number of halogens is 3. The van der Waals surface area contributed by atoms with Crippen molar-refractivity contribution >= 4 is 61.0 Å². The fraction of sp³-hybridized carbons (Fsp3) is 0.440. The molecule has 198 valence electrons. The van der Waals surface area contributed by atoms with Gasteiger partial charge in [0.15, 0.2) is 0 Å². The highest BCUT2D eigenvalue weighted by Gasteiger charge is 2.55. The zero-order valence-corrected chi connectivity index (χ0v) is 24.3. The molecule has 3 atom stereocenters. The molecule has 0 radical (unpaired) electrons. The first-order chi connectivity index (χ1) is 17.5. The van der Waals surface area contributed by atoms with Gasteiger partial charge in [0.05, 0.1) is 11.6 Å². The first kappa shape index (κ1) is 26.9. The molecule has 3 aliphatic rings. The number of hydrogen-bond donors (Lipinski definition) is 0. The van der Waals surface area contributed by atoms with E-state index >= 15 is 0 Å². The number of carbonyl (C=O) groups excluding carboxylic acids is 2. The van der Waals surface area contributed by atoms with Crippen LogP contribution in [0.5, 0.6) is 0 Å². The predicted octanol–water partition coefficient (Wildman–Crippen LogP) is 3.46. The third kappa shape index (κ3) is 5.04. The molecule has 2 aromatic carbocycles. The molecule has 0 spiro atoms. The Balaban J connectivity index is 1.61. The van der Waals surface area contributed by atoms with Crippen LogP contribution in [0.15, 0.2) is 51.8 Å². The third-order valence-electron chi connectivity index (χ3n) is 7.24. The number of benzene rings is 2. The summed E-state index contributed by atoms with van der Waals surface area (Å²) in [6, 6.07) is 10.3. The van der Waals surface area contributed by atoms with Crippen molar-refractivity contribution in [2.45, 2.75) is 48.4 Å². The number of likely N-dealkylation sites (N-methyl/N-ethyl adjacent to an activating group) is 1. The van der Waals surface area contributed by atoms with Gasteiger partial charge in [-0.05, 0) is 62.8 Å². The summed E-state index contributed by atoms with van der Waals surface area (Å²) in [7, 11) is -0.678. The van der Waals surface area contributed by atoms with Crippen LogP contribution in [0.3, 0.4) is 0 Å². The van der Waals surface area contributed by atoms with Crippen LogP contribution < -0.4 is 0 Å². The molecule has 12 heteroatoms. The summed E-state index contributed by atoms with van der Waals surface area (Å²) in [5.41, 5.74) is 0.882. The molecule has 37 heavy (non-hydrogen) atoms. The minimum Gasteiger partial charge on any atom is -0.334 e. The Hall–Kier alpha value is -1.69. The molecule has 0 N–H and O–H groups in total. The summed E-state index contributed by atoms with van der Waals surface area (Å²) in [5.74, 6) is -0.397. The lowest BCUT2D eigenvalue weighted by atomic mass is 9.97. The van der Waals surface area contributed by atoms with Crippen molar-refractivity contribution in [3.63, 3.8) is 0 Å². The van der Waals surface area contributed by atoms with Gasteiger partial charge in [-0.3, -0.25) is 14.5 Å². The SMILES string of the molecule is CN(C)C1CN(S(=O)(=O)c2ccc(Cl)cc2Cl)C2CN(C3CC3)C(=O)C(Cc3ccc(Br)cc3)N2C1=O. The Bertz CT molecular complexity index is 1340. The van der Waals surface area contributed by atoms with E-state index in [2.05, 4.69) is 15.9 Å². The van der Waals surface area contributed by atoms with Crippen LogP contribution in [0.1, 0.15) is 18.4 Å². The molecule has 2 aromatic rings. The van der Waals surface area contributed by atoms with Crippen LogP contribution in [0.2, 0.25) is 10.0 Å². The number of rotatable bonds is 6. The van der Waals surface area contributed by atoms with E-state index in [1.54, 1.807) is 23.9 Å². The highest BCUT2D eigenvalue weighted by Crippen LogP contribution is 2.38. The monoisotopic (exact) mass is 628 g/mol. The van der Waals surface area contributed by atoms with Crippen molar-refractivity contribution in [1.82, 2.24) is 19.0 Å². The number of nitrogens with zero attached hydrogens (tertiary/aromatic N) is 4. The van der Waals surface area contributed by atoms with Gasteiger partial charge < -0.3 is 9.80 Å². The molecule has 5 rings (SSSR count). The maximum absolute atomic E-state index is 14.1. The average Bonchev–Trinajstić information content (AvgIpc) is 3.67. The van der Waals surface area contributed by atoms with Gasteiger partial charge >= 0.3 is 0 Å². The quantitative estimate of drug-likeness (QED) is 0.489. The van der Waals surface area contributed by atoms with Crippen molar-refractivity contribution < 1.29 is 18.0 Å². The lowest BCUT2D eigenvalue weighted by Crippen LogP contribution is -2.75. The van der Waals surface area contributed by atoms with Crippen molar-refractivity contribution in [2.24, 2.45) is 0 Å². The van der Waals surface area contributed by atoms with Gasteiger partial charge in [0, 0.05) is 28.5 Å². The maximum Gasteiger partial charge on any atom is 0.246 e. The molecule has 1 saturated carbocycles. The summed E-state index contributed by atoms with van der Waals surface area (Å²) in [4.78, 5) is 32.5. The fourth-order valence-electron chi connectivity index (χ4n) is 5.14. The van der Waals surface area contributed by atoms with E-state index in [0.717, 1.165) is 22.9 Å². The normalized spacial score (nSPS) is 25.1. The minimum absolute atomic E-state index is 0.00898. The highest BCUT2D eigenvalue weighted by molar-refractivity contribution is 9.10. The molecule has 2 saturated heterocycles. The van der Waals surface area contributed by atoms with Crippen molar-refractivity contribution in [3.8, 4) is 0 Å². The number of piperazine rings is 1. The Labute approximate surface area is 235 Å². The molecule has 1 aliphatic carbocycles. The van der Waals surface area contributed by atoms with E-state index in [1.165, 1.54) is 27.4 Å². The van der Waals surface area contributed by atoms with Gasteiger partial charge in [-0.25, -0.2) is 8.42 Å². The van der Waals surface area contributed by atoms with Gasteiger partial charge in [-0.1, -0.05) is 51.3 Å². The molecular formula is C25H27BrCl2N4O4S. The number of fused-ring (bicyclic) bond motifs is 1. The minimum atomic E-state index is -4.14. The number of amides is 2. The largest absolute Gasteiger partial charge is 0.334 e. The van der Waals surface area contributed by atoms with Crippen LogP contribution >= 0.6 is 39.1 Å². The van der Waals surface area contributed by atoms with Crippen molar-refractivity contribution in [3.05, 3.63) is 62.5 Å². The lowest BCUT2D eigenvalue weighted by Gasteiger charge is -2.54. The first-order valence-electron chi connectivity index (χ1n) is 12.0. The summed E-state index contributed by atoms with van der Waals surface area (Å²) in [6.07, 6.45) is 1.17. The summed E-state index contributed by atoms with van der Waals surface area (Å²) < 4.78 is 30.4. The number of hydrogen-bond acceptors (Lipinski definition) is 5. The van der Waals surface area contributed by atoms with Crippen molar-refractivity contribution in [1.29, 1.82) is 0 Å². The number of sulfonamides is 1. The van der Waals surface area contributed by atoms with E-state index in [1.807, 2.05) is 24.3 Å². The van der Waals surface area contributed by atoms with Crippen LogP contribution in [0, 0.1) is 0 Å². The van der Waals surface area contributed by atoms with E-state index in [0.29, 0.717) is 5.02 Å². The molecule has 0 bridgehead atoms. The zero-order valence-electron chi connectivity index (χ0n) is 20.4. The van der Waals surface area contributed by atoms with Gasteiger partial charge in [0.1, 0.15) is 23.1 Å². The fourth-order valence-corrected chi connectivity index (χ4v) is 7.73. The number of carbonyl (C=O) groups is 2.